The van der Waals surface area contributed by atoms with Crippen LogP contribution in [0.4, 0.5) is 10.1 Å². The van der Waals surface area contributed by atoms with Gasteiger partial charge in [0.05, 0.1) is 23.8 Å². The average molecular weight is 456 g/mol. The van der Waals surface area contributed by atoms with Crippen molar-refractivity contribution in [3.8, 4) is 16.9 Å². The molecule has 0 radical (unpaired) electrons. The molecule has 2 aliphatic rings. The molecule has 0 saturated carbocycles. The largest absolute Gasteiger partial charge is 0.504 e. The highest BCUT2D eigenvalue weighted by Crippen LogP contribution is 2.36. The van der Waals surface area contributed by atoms with E-state index in [0.29, 0.717) is 5.56 Å². The quantitative estimate of drug-likeness (QED) is 0.603. The smallest absolute Gasteiger partial charge is 0.170 e. The number of aromatic nitrogens is 1. The van der Waals surface area contributed by atoms with E-state index in [1.54, 1.807) is 6.07 Å². The molecule has 1 aromatic heterocycles. The number of hydrogen-bond donors (Lipinski definition) is 1. The molecule has 2 fully saturated rings. The molecule has 2 aliphatic heterocycles. The predicted molar refractivity (Wildman–Crippen MR) is 126 cm³/mol. The molecule has 32 heavy (non-hydrogen) atoms. The van der Waals surface area contributed by atoms with Crippen LogP contribution in [0.25, 0.3) is 22.0 Å². The SMILES string of the molecule is Oc1c(F)cc(-c2ccc3nccc(N4CCC(CN5CCOCC5)CC4)c3c2)cc1Cl. The molecule has 7 heteroatoms. The topological polar surface area (TPSA) is 48.8 Å². The number of phenols is 1. The average Bonchev–Trinajstić information content (AvgIpc) is 2.83. The van der Waals surface area contributed by atoms with E-state index in [9.17, 15) is 9.50 Å². The van der Waals surface area contributed by atoms with Gasteiger partial charge in [0.1, 0.15) is 0 Å². The van der Waals surface area contributed by atoms with Crippen LogP contribution in [0.15, 0.2) is 42.6 Å². The second-order valence-corrected chi connectivity index (χ2v) is 9.10. The van der Waals surface area contributed by atoms with Gasteiger partial charge in [-0.25, -0.2) is 4.39 Å². The van der Waals surface area contributed by atoms with Crippen molar-refractivity contribution in [2.75, 3.05) is 50.8 Å². The summed E-state index contributed by atoms with van der Waals surface area (Å²) in [6.07, 6.45) is 4.19. The summed E-state index contributed by atoms with van der Waals surface area (Å²) in [5.74, 6) is -0.519. The highest BCUT2D eigenvalue weighted by atomic mass is 35.5. The molecule has 0 aliphatic carbocycles. The summed E-state index contributed by atoms with van der Waals surface area (Å²) in [5.41, 5.74) is 3.54. The molecule has 0 atom stereocenters. The Morgan fingerprint density at radius 1 is 1.03 bits per heavy atom. The maximum atomic E-state index is 14.0. The minimum absolute atomic E-state index is 0.00819. The fraction of sp³-hybridized carbons (Fsp3) is 0.400. The summed E-state index contributed by atoms with van der Waals surface area (Å²) >= 11 is 6.00. The van der Waals surface area contributed by atoms with E-state index in [1.807, 2.05) is 24.4 Å². The first kappa shape index (κ1) is 21.4. The van der Waals surface area contributed by atoms with Gasteiger partial charge in [-0.2, -0.15) is 0 Å². The Balaban J connectivity index is 1.37. The van der Waals surface area contributed by atoms with Gasteiger partial charge in [0, 0.05) is 50.0 Å². The Labute approximate surface area is 192 Å². The van der Waals surface area contributed by atoms with Crippen LogP contribution in [0.1, 0.15) is 12.8 Å². The summed E-state index contributed by atoms with van der Waals surface area (Å²) in [6.45, 7) is 6.96. The van der Waals surface area contributed by atoms with Crippen LogP contribution < -0.4 is 4.90 Å². The van der Waals surface area contributed by atoms with E-state index < -0.39 is 11.6 Å². The second kappa shape index (κ2) is 9.22. The molecule has 5 nitrogen and oxygen atoms in total. The maximum Gasteiger partial charge on any atom is 0.170 e. The summed E-state index contributed by atoms with van der Waals surface area (Å²) in [4.78, 5) is 9.49. The summed E-state index contributed by atoms with van der Waals surface area (Å²) in [7, 11) is 0. The first-order chi connectivity index (χ1) is 15.6. The van der Waals surface area contributed by atoms with Crippen molar-refractivity contribution in [3.05, 3.63) is 53.4 Å². The molecule has 3 heterocycles. The van der Waals surface area contributed by atoms with Gasteiger partial charge in [0.15, 0.2) is 11.6 Å². The lowest BCUT2D eigenvalue weighted by Crippen LogP contribution is -2.43. The zero-order valence-electron chi connectivity index (χ0n) is 17.9. The Hall–Kier alpha value is -2.41. The number of anilines is 1. The first-order valence-electron chi connectivity index (χ1n) is 11.2. The van der Waals surface area contributed by atoms with Crippen LogP contribution in [0, 0.1) is 11.7 Å². The van der Waals surface area contributed by atoms with Gasteiger partial charge < -0.3 is 14.7 Å². The monoisotopic (exact) mass is 455 g/mol. The number of piperidine rings is 1. The highest BCUT2D eigenvalue weighted by molar-refractivity contribution is 6.32. The fourth-order valence-electron chi connectivity index (χ4n) is 4.82. The number of pyridine rings is 1. The van der Waals surface area contributed by atoms with Gasteiger partial charge in [-0.3, -0.25) is 9.88 Å². The van der Waals surface area contributed by atoms with Crippen molar-refractivity contribution in [2.45, 2.75) is 12.8 Å². The number of fused-ring (bicyclic) bond motifs is 1. The lowest BCUT2D eigenvalue weighted by Gasteiger charge is -2.37. The minimum Gasteiger partial charge on any atom is -0.504 e. The molecular formula is C25H27ClFN3O2. The maximum absolute atomic E-state index is 14.0. The van der Waals surface area contributed by atoms with Crippen LogP contribution in [-0.4, -0.2) is 60.9 Å². The summed E-state index contributed by atoms with van der Waals surface area (Å²) < 4.78 is 19.5. The van der Waals surface area contributed by atoms with Gasteiger partial charge in [-0.05, 0) is 60.2 Å². The first-order valence-corrected chi connectivity index (χ1v) is 11.6. The molecule has 2 saturated heterocycles. The lowest BCUT2D eigenvalue weighted by atomic mass is 9.95. The molecule has 5 rings (SSSR count). The Morgan fingerprint density at radius 2 is 1.81 bits per heavy atom. The number of phenolic OH excluding ortho intramolecular Hbond substituents is 1. The summed E-state index contributed by atoms with van der Waals surface area (Å²) in [5, 5.41) is 10.7. The number of benzene rings is 2. The van der Waals surface area contributed by atoms with Crippen molar-refractivity contribution < 1.29 is 14.2 Å². The van der Waals surface area contributed by atoms with Crippen LogP contribution in [0.5, 0.6) is 5.75 Å². The number of morpholine rings is 1. The minimum atomic E-state index is -0.721. The van der Waals surface area contributed by atoms with Crippen molar-refractivity contribution in [3.63, 3.8) is 0 Å². The number of halogens is 2. The van der Waals surface area contributed by atoms with E-state index in [1.165, 1.54) is 18.9 Å². The number of aromatic hydroxyl groups is 1. The van der Waals surface area contributed by atoms with Crippen molar-refractivity contribution in [1.29, 1.82) is 0 Å². The molecular weight excluding hydrogens is 429 g/mol. The summed E-state index contributed by atoms with van der Waals surface area (Å²) in [6, 6.07) is 10.9. The Bertz CT molecular complexity index is 1090. The molecule has 1 N–H and O–H groups in total. The molecule has 0 amide bonds. The molecule has 0 bridgehead atoms. The van der Waals surface area contributed by atoms with Crippen molar-refractivity contribution in [1.82, 2.24) is 9.88 Å². The highest BCUT2D eigenvalue weighted by Gasteiger charge is 2.23. The molecule has 0 unspecified atom stereocenters. The molecule has 0 spiro atoms. The second-order valence-electron chi connectivity index (χ2n) is 8.69. The van der Waals surface area contributed by atoms with Crippen LogP contribution in [-0.2, 0) is 4.74 Å². The molecule has 168 valence electrons. The number of hydrogen-bond acceptors (Lipinski definition) is 5. The van der Waals surface area contributed by atoms with Gasteiger partial charge in [-0.15, -0.1) is 0 Å². The lowest BCUT2D eigenvalue weighted by molar-refractivity contribution is 0.0289. The number of ether oxygens (including phenoxy) is 1. The van der Waals surface area contributed by atoms with Gasteiger partial charge in [-0.1, -0.05) is 17.7 Å². The fourth-order valence-corrected chi connectivity index (χ4v) is 5.03. The number of rotatable bonds is 4. The van der Waals surface area contributed by atoms with E-state index in [4.69, 9.17) is 16.3 Å². The Morgan fingerprint density at radius 3 is 2.56 bits per heavy atom. The van der Waals surface area contributed by atoms with Crippen molar-refractivity contribution in [2.24, 2.45) is 5.92 Å². The predicted octanol–water partition coefficient (Wildman–Crippen LogP) is 4.95. The van der Waals surface area contributed by atoms with Gasteiger partial charge >= 0.3 is 0 Å². The zero-order chi connectivity index (χ0) is 22.1. The standard InChI is InChI=1S/C25H27ClFN3O2/c26-21-14-19(15-22(27)25(21)31)18-1-2-23-20(13-18)24(3-6-28-23)30-7-4-17(5-8-30)16-29-9-11-32-12-10-29/h1-3,6,13-15,17,31H,4-5,7-12,16H2. The van der Waals surface area contributed by atoms with E-state index in [2.05, 4.69) is 20.9 Å². The van der Waals surface area contributed by atoms with Crippen molar-refractivity contribution >= 4 is 28.2 Å². The van der Waals surface area contributed by atoms with E-state index >= 15 is 0 Å². The van der Waals surface area contributed by atoms with Gasteiger partial charge in [0.2, 0.25) is 0 Å². The van der Waals surface area contributed by atoms with E-state index in [-0.39, 0.29) is 5.02 Å². The van der Waals surface area contributed by atoms with Gasteiger partial charge in [0.25, 0.3) is 0 Å². The number of nitrogens with zero attached hydrogens (tertiary/aromatic N) is 3. The third kappa shape index (κ3) is 4.40. The Kier molecular flexibility index (Phi) is 6.17. The van der Waals surface area contributed by atoms with Crippen LogP contribution in [0.2, 0.25) is 5.02 Å². The van der Waals surface area contributed by atoms with Crippen LogP contribution in [0.3, 0.4) is 0 Å². The molecule has 2 aromatic carbocycles. The molecule has 3 aromatic rings. The third-order valence-corrected chi connectivity index (χ3v) is 6.93. The van der Waals surface area contributed by atoms with E-state index in [0.717, 1.165) is 74.0 Å². The normalized spacial score (nSPS) is 18.4. The third-order valence-electron chi connectivity index (χ3n) is 6.64. The zero-order valence-corrected chi connectivity index (χ0v) is 18.7. The van der Waals surface area contributed by atoms with Crippen LogP contribution >= 0.6 is 11.6 Å².